The Morgan fingerprint density at radius 1 is 0.740 bits per heavy atom. The molecule has 1 unspecified atom stereocenters. The van der Waals surface area contributed by atoms with Crippen LogP contribution in [0, 0.1) is 6.57 Å². The number of hydrogen-bond donors (Lipinski definition) is 0. The fourth-order valence-electron chi connectivity index (χ4n) is 8.11. The van der Waals surface area contributed by atoms with E-state index in [1.165, 1.54) is 43.1 Å². The fraction of sp³-hybridized carbons (Fsp3) is 0.178. The number of nitrogens with zero attached hydrogens (tertiary/aromatic N) is 2. The third kappa shape index (κ3) is 4.86. The average molecular weight is 669 g/mol. The van der Waals surface area contributed by atoms with Crippen molar-refractivity contribution in [3.8, 4) is 16.9 Å². The highest BCUT2D eigenvalue weighted by Crippen LogP contribution is 2.58. The largest absolute Gasteiger partial charge is 0.472 e. The van der Waals surface area contributed by atoms with E-state index in [0.717, 1.165) is 54.1 Å². The molecule has 244 valence electrons. The Morgan fingerprint density at radius 3 is 2.12 bits per heavy atom. The standard InChI is InChI=1S/C45H36N2O2S/c1-44(2)40-29-32(46-3)17-22-38(40)41-36-11-7-8-12-37(36)43-39(42(41)44)23-24-45(49-43,30-13-18-33(19-14-30)47-25-27-48-28-26-47)31-15-20-35(21-16-31)50-34-9-5-4-6-10-34/h4-24,29H,25-28H2,1-2H3. The van der Waals surface area contributed by atoms with Gasteiger partial charge < -0.3 is 14.4 Å². The highest BCUT2D eigenvalue weighted by molar-refractivity contribution is 7.99. The van der Waals surface area contributed by atoms with Crippen molar-refractivity contribution >= 4 is 40.0 Å². The number of fused-ring (bicyclic) bond motifs is 8. The summed E-state index contributed by atoms with van der Waals surface area (Å²) in [5, 5.41) is 2.26. The summed E-state index contributed by atoms with van der Waals surface area (Å²) >= 11 is 1.76. The summed E-state index contributed by atoms with van der Waals surface area (Å²) in [6, 6.07) is 43.1. The van der Waals surface area contributed by atoms with Crippen LogP contribution in [0.3, 0.4) is 0 Å². The highest BCUT2D eigenvalue weighted by Gasteiger charge is 2.44. The van der Waals surface area contributed by atoms with Crippen LogP contribution < -0.4 is 9.64 Å². The van der Waals surface area contributed by atoms with E-state index < -0.39 is 5.60 Å². The first-order chi connectivity index (χ1) is 24.5. The molecule has 50 heavy (non-hydrogen) atoms. The van der Waals surface area contributed by atoms with E-state index in [0.29, 0.717) is 5.69 Å². The molecule has 1 fully saturated rings. The Bertz CT molecular complexity index is 2330. The topological polar surface area (TPSA) is 26.1 Å². The van der Waals surface area contributed by atoms with Gasteiger partial charge in [-0.05, 0) is 70.1 Å². The van der Waals surface area contributed by atoms with Crippen molar-refractivity contribution in [2.45, 2.75) is 34.7 Å². The lowest BCUT2D eigenvalue weighted by Gasteiger charge is -2.39. The number of benzene rings is 6. The van der Waals surface area contributed by atoms with Crippen LogP contribution in [-0.4, -0.2) is 26.3 Å². The summed E-state index contributed by atoms with van der Waals surface area (Å²) in [4.78, 5) is 8.56. The summed E-state index contributed by atoms with van der Waals surface area (Å²) in [5.41, 5.74) is 8.85. The van der Waals surface area contributed by atoms with E-state index >= 15 is 0 Å². The molecule has 5 heteroatoms. The highest BCUT2D eigenvalue weighted by atomic mass is 32.2. The van der Waals surface area contributed by atoms with Crippen LogP contribution >= 0.6 is 11.8 Å². The van der Waals surface area contributed by atoms with Gasteiger partial charge in [-0.25, -0.2) is 4.85 Å². The van der Waals surface area contributed by atoms with Crippen LogP contribution in [0.25, 0.3) is 32.8 Å². The molecule has 6 aromatic rings. The average Bonchev–Trinajstić information content (AvgIpc) is 3.41. The molecule has 0 spiro atoms. The fourth-order valence-corrected chi connectivity index (χ4v) is 8.94. The molecule has 4 nitrogen and oxygen atoms in total. The number of rotatable bonds is 5. The summed E-state index contributed by atoms with van der Waals surface area (Å²) in [5.74, 6) is 0.896. The van der Waals surface area contributed by atoms with Crippen molar-refractivity contribution in [2.75, 3.05) is 31.2 Å². The Morgan fingerprint density at radius 2 is 1.40 bits per heavy atom. The molecule has 2 aliphatic heterocycles. The van der Waals surface area contributed by atoms with Crippen molar-refractivity contribution < 1.29 is 9.47 Å². The van der Waals surface area contributed by atoms with E-state index in [-0.39, 0.29) is 5.41 Å². The Labute approximate surface area is 297 Å². The molecule has 1 saturated heterocycles. The molecule has 0 bridgehead atoms. The third-order valence-corrected chi connectivity index (χ3v) is 11.6. The SMILES string of the molecule is [C-]#[N+]c1ccc2c(c1)C(C)(C)c1c3c(c4ccccc4c1-2)OC(c1ccc(Sc2ccccc2)cc1)(c1ccc(N2CCOCC2)cc1)C=C3. The van der Waals surface area contributed by atoms with Gasteiger partial charge in [-0.2, -0.15) is 0 Å². The quantitative estimate of drug-likeness (QED) is 0.171. The first-order valence-corrected chi connectivity index (χ1v) is 18.0. The maximum absolute atomic E-state index is 7.71. The lowest BCUT2D eigenvalue weighted by atomic mass is 9.76. The van der Waals surface area contributed by atoms with Gasteiger partial charge in [0.2, 0.25) is 0 Å². The molecule has 0 saturated carbocycles. The molecule has 2 heterocycles. The van der Waals surface area contributed by atoms with Crippen molar-refractivity contribution in [2.24, 2.45) is 0 Å². The van der Waals surface area contributed by atoms with E-state index in [2.05, 4.69) is 151 Å². The molecule has 6 aromatic carbocycles. The van der Waals surface area contributed by atoms with Gasteiger partial charge >= 0.3 is 0 Å². The molecular weight excluding hydrogens is 633 g/mol. The van der Waals surface area contributed by atoms with Crippen molar-refractivity contribution in [3.63, 3.8) is 0 Å². The van der Waals surface area contributed by atoms with Crippen LogP contribution in [0.4, 0.5) is 11.4 Å². The zero-order chi connectivity index (χ0) is 33.9. The molecule has 0 amide bonds. The molecule has 0 radical (unpaired) electrons. The number of hydrogen-bond acceptors (Lipinski definition) is 4. The summed E-state index contributed by atoms with van der Waals surface area (Å²) in [6.07, 6.45) is 4.56. The van der Waals surface area contributed by atoms with Crippen molar-refractivity contribution in [3.05, 3.63) is 167 Å². The smallest absolute Gasteiger partial charge is 0.187 e. The number of ether oxygens (including phenoxy) is 2. The van der Waals surface area contributed by atoms with Crippen LogP contribution in [0.2, 0.25) is 0 Å². The summed E-state index contributed by atoms with van der Waals surface area (Å²) < 4.78 is 13.2. The van der Waals surface area contributed by atoms with Crippen LogP contribution in [0.1, 0.15) is 41.7 Å². The molecular formula is C45H36N2O2S. The number of morpholine rings is 1. The zero-order valence-electron chi connectivity index (χ0n) is 28.1. The monoisotopic (exact) mass is 668 g/mol. The van der Waals surface area contributed by atoms with Gasteiger partial charge in [0.1, 0.15) is 5.75 Å². The third-order valence-electron chi connectivity index (χ3n) is 10.6. The molecule has 0 N–H and O–H groups in total. The Hall–Kier alpha value is -5.28. The van der Waals surface area contributed by atoms with Crippen LogP contribution in [-0.2, 0) is 15.8 Å². The minimum atomic E-state index is -0.851. The van der Waals surface area contributed by atoms with Crippen LogP contribution in [0.15, 0.2) is 137 Å². The normalized spacial score (nSPS) is 18.5. The second kappa shape index (κ2) is 11.9. The van der Waals surface area contributed by atoms with Gasteiger partial charge in [0, 0.05) is 56.1 Å². The Kier molecular flexibility index (Phi) is 7.35. The Balaban J connectivity index is 1.22. The number of anilines is 1. The van der Waals surface area contributed by atoms with Gasteiger partial charge in [-0.1, -0.05) is 117 Å². The first kappa shape index (κ1) is 30.8. The van der Waals surface area contributed by atoms with E-state index in [1.807, 2.05) is 6.07 Å². The lowest BCUT2D eigenvalue weighted by Crippen LogP contribution is -2.37. The van der Waals surface area contributed by atoms with E-state index in [4.69, 9.17) is 16.0 Å². The first-order valence-electron chi connectivity index (χ1n) is 17.2. The van der Waals surface area contributed by atoms with Gasteiger partial charge in [0.25, 0.3) is 0 Å². The molecule has 0 aromatic heterocycles. The maximum atomic E-state index is 7.71. The van der Waals surface area contributed by atoms with Gasteiger partial charge in [0.05, 0.1) is 19.8 Å². The summed E-state index contributed by atoms with van der Waals surface area (Å²) in [7, 11) is 0. The maximum Gasteiger partial charge on any atom is 0.187 e. The second-order valence-electron chi connectivity index (χ2n) is 13.8. The van der Waals surface area contributed by atoms with E-state index in [9.17, 15) is 0 Å². The van der Waals surface area contributed by atoms with Crippen molar-refractivity contribution in [1.82, 2.24) is 0 Å². The zero-order valence-corrected chi connectivity index (χ0v) is 29.0. The van der Waals surface area contributed by atoms with Gasteiger partial charge in [0.15, 0.2) is 11.3 Å². The summed E-state index contributed by atoms with van der Waals surface area (Å²) in [6.45, 7) is 15.6. The van der Waals surface area contributed by atoms with E-state index in [1.54, 1.807) is 11.8 Å². The van der Waals surface area contributed by atoms with Crippen LogP contribution in [0.5, 0.6) is 5.75 Å². The molecule has 3 aliphatic rings. The predicted molar refractivity (Wildman–Crippen MR) is 205 cm³/mol. The second-order valence-corrected chi connectivity index (χ2v) is 14.9. The minimum absolute atomic E-state index is 0.316. The van der Waals surface area contributed by atoms with Gasteiger partial charge in [-0.3, -0.25) is 0 Å². The predicted octanol–water partition coefficient (Wildman–Crippen LogP) is 11.0. The lowest BCUT2D eigenvalue weighted by molar-refractivity contribution is 0.122. The minimum Gasteiger partial charge on any atom is -0.472 e. The van der Waals surface area contributed by atoms with Gasteiger partial charge in [-0.15, -0.1) is 0 Å². The van der Waals surface area contributed by atoms with Crippen molar-refractivity contribution in [1.29, 1.82) is 0 Å². The molecule has 9 rings (SSSR count). The molecule has 1 atom stereocenters. The molecule has 1 aliphatic carbocycles.